The van der Waals surface area contributed by atoms with E-state index in [0.29, 0.717) is 27.9 Å². The van der Waals surface area contributed by atoms with Gasteiger partial charge in [0.1, 0.15) is 5.82 Å². The minimum absolute atomic E-state index is 0.180. The molecule has 0 unspecified atom stereocenters. The van der Waals surface area contributed by atoms with Gasteiger partial charge in [-0.15, -0.1) is 0 Å². The van der Waals surface area contributed by atoms with Gasteiger partial charge in [0.15, 0.2) is 17.1 Å². The van der Waals surface area contributed by atoms with Gasteiger partial charge in [-0.1, -0.05) is 42.5 Å². The molecule has 0 spiro atoms. The highest BCUT2D eigenvalue weighted by Crippen LogP contribution is 2.31. The van der Waals surface area contributed by atoms with E-state index < -0.39 is 5.97 Å². The van der Waals surface area contributed by atoms with Crippen molar-refractivity contribution in [3.8, 4) is 28.8 Å². The third kappa shape index (κ3) is 4.50. The maximum Gasteiger partial charge on any atom is 0.344 e. The molecule has 0 fully saturated rings. The average molecular weight is 478 g/mol. The maximum atomic E-state index is 13.7. The molecular formula is C28H19FN4O3. The number of benzene rings is 3. The van der Waals surface area contributed by atoms with Crippen LogP contribution in [0.1, 0.15) is 21.5 Å². The van der Waals surface area contributed by atoms with Crippen LogP contribution >= 0.6 is 0 Å². The smallest absolute Gasteiger partial charge is 0.344 e. The van der Waals surface area contributed by atoms with Crippen LogP contribution in [0.15, 0.2) is 85.1 Å². The molecule has 0 saturated heterocycles. The van der Waals surface area contributed by atoms with Crippen LogP contribution in [0.2, 0.25) is 0 Å². The molecule has 176 valence electrons. The third-order valence-electron chi connectivity index (χ3n) is 5.62. The van der Waals surface area contributed by atoms with Crippen molar-refractivity contribution in [2.75, 3.05) is 7.11 Å². The lowest BCUT2D eigenvalue weighted by Gasteiger charge is -2.11. The number of rotatable bonds is 6. The van der Waals surface area contributed by atoms with Gasteiger partial charge < -0.3 is 9.47 Å². The minimum Gasteiger partial charge on any atom is -0.493 e. The van der Waals surface area contributed by atoms with Gasteiger partial charge in [-0.05, 0) is 35.9 Å². The van der Waals surface area contributed by atoms with Crippen LogP contribution in [0.25, 0.3) is 22.3 Å². The van der Waals surface area contributed by atoms with Crippen LogP contribution in [0, 0.1) is 17.1 Å². The summed E-state index contributed by atoms with van der Waals surface area (Å²) in [5.74, 6) is -0.534. The number of nitriles is 1. The van der Waals surface area contributed by atoms with Crippen LogP contribution in [-0.2, 0) is 6.54 Å². The molecule has 0 aliphatic carbocycles. The van der Waals surface area contributed by atoms with E-state index >= 15 is 0 Å². The Balaban J connectivity index is 1.60. The van der Waals surface area contributed by atoms with Crippen LogP contribution in [0.5, 0.6) is 11.5 Å². The van der Waals surface area contributed by atoms with Gasteiger partial charge in [-0.2, -0.15) is 10.4 Å². The Labute approximate surface area is 206 Å². The van der Waals surface area contributed by atoms with E-state index in [9.17, 15) is 9.18 Å². The molecule has 0 aliphatic rings. The van der Waals surface area contributed by atoms with E-state index in [4.69, 9.17) is 19.7 Å². The summed E-state index contributed by atoms with van der Waals surface area (Å²) in [6, 6.07) is 23.9. The standard InChI is InChI=1S/C28H19FN4O3/c1-35-26-13-18(15-30)10-11-25(26)36-28(34)22-14-24(20-7-3-2-4-8-20)32-27-23(22)16-31-33(27)17-19-6-5-9-21(29)12-19/h2-14,16H,17H2,1H3. The second-order valence-electron chi connectivity index (χ2n) is 7.96. The van der Waals surface area contributed by atoms with Gasteiger partial charge in [0.25, 0.3) is 0 Å². The summed E-state index contributed by atoms with van der Waals surface area (Å²) >= 11 is 0. The second kappa shape index (κ2) is 9.68. The Morgan fingerprint density at radius 1 is 1.03 bits per heavy atom. The molecule has 2 aromatic heterocycles. The Hall–Kier alpha value is -5.03. The number of halogens is 1. The van der Waals surface area contributed by atoms with Crippen molar-refractivity contribution in [2.45, 2.75) is 6.54 Å². The topological polar surface area (TPSA) is 90.0 Å². The number of fused-ring (bicyclic) bond motifs is 1. The summed E-state index contributed by atoms with van der Waals surface area (Å²) in [5, 5.41) is 14.1. The van der Waals surface area contributed by atoms with Gasteiger partial charge >= 0.3 is 5.97 Å². The number of hydrogen-bond acceptors (Lipinski definition) is 6. The zero-order valence-corrected chi connectivity index (χ0v) is 19.2. The third-order valence-corrected chi connectivity index (χ3v) is 5.62. The minimum atomic E-state index is -0.632. The molecule has 0 aliphatic heterocycles. The number of hydrogen-bond donors (Lipinski definition) is 0. The van der Waals surface area contributed by atoms with Crippen molar-refractivity contribution in [2.24, 2.45) is 0 Å². The first-order valence-electron chi connectivity index (χ1n) is 11.0. The van der Waals surface area contributed by atoms with E-state index in [1.165, 1.54) is 31.4 Å². The summed E-state index contributed by atoms with van der Waals surface area (Å²) in [5.41, 5.74) is 3.17. The average Bonchev–Trinajstić information content (AvgIpc) is 3.31. The Morgan fingerprint density at radius 3 is 2.61 bits per heavy atom. The first kappa shape index (κ1) is 22.7. The first-order chi connectivity index (χ1) is 17.6. The Morgan fingerprint density at radius 2 is 1.86 bits per heavy atom. The van der Waals surface area contributed by atoms with Crippen molar-refractivity contribution in [1.29, 1.82) is 5.26 Å². The van der Waals surface area contributed by atoms with Crippen molar-refractivity contribution in [3.05, 3.63) is 108 Å². The highest BCUT2D eigenvalue weighted by Gasteiger charge is 2.21. The first-order valence-corrected chi connectivity index (χ1v) is 11.0. The van der Waals surface area contributed by atoms with Crippen molar-refractivity contribution < 1.29 is 18.7 Å². The molecule has 7 nitrogen and oxygen atoms in total. The fourth-order valence-corrected chi connectivity index (χ4v) is 3.87. The van der Waals surface area contributed by atoms with Crippen LogP contribution < -0.4 is 9.47 Å². The van der Waals surface area contributed by atoms with Crippen molar-refractivity contribution >= 4 is 17.0 Å². The Kier molecular flexibility index (Phi) is 6.12. The van der Waals surface area contributed by atoms with Crippen LogP contribution in [0.3, 0.4) is 0 Å². The highest BCUT2D eigenvalue weighted by atomic mass is 19.1. The lowest BCUT2D eigenvalue weighted by molar-refractivity contribution is 0.0731. The van der Waals surface area contributed by atoms with Crippen LogP contribution in [0.4, 0.5) is 4.39 Å². The van der Waals surface area contributed by atoms with E-state index in [1.54, 1.807) is 35.1 Å². The number of pyridine rings is 1. The van der Waals surface area contributed by atoms with E-state index in [1.807, 2.05) is 36.4 Å². The summed E-state index contributed by atoms with van der Waals surface area (Å²) in [7, 11) is 1.43. The summed E-state index contributed by atoms with van der Waals surface area (Å²) < 4.78 is 26.3. The molecule has 0 amide bonds. The fourth-order valence-electron chi connectivity index (χ4n) is 3.87. The molecule has 2 heterocycles. The monoisotopic (exact) mass is 478 g/mol. The molecule has 0 atom stereocenters. The highest BCUT2D eigenvalue weighted by molar-refractivity contribution is 6.04. The number of esters is 1. The zero-order chi connectivity index (χ0) is 25.1. The summed E-state index contributed by atoms with van der Waals surface area (Å²) in [6.45, 7) is 0.268. The summed E-state index contributed by atoms with van der Waals surface area (Å²) in [6.07, 6.45) is 1.54. The molecule has 0 N–H and O–H groups in total. The lowest BCUT2D eigenvalue weighted by atomic mass is 10.1. The maximum absolute atomic E-state index is 13.7. The SMILES string of the molecule is COc1cc(C#N)ccc1OC(=O)c1cc(-c2ccccc2)nc2c1cnn2Cc1cccc(F)c1. The van der Waals surface area contributed by atoms with Gasteiger partial charge in [-0.3, -0.25) is 0 Å². The Bertz CT molecular complexity index is 1620. The fraction of sp³-hybridized carbons (Fsp3) is 0.0714. The molecule has 0 saturated carbocycles. The van der Waals surface area contributed by atoms with Gasteiger partial charge in [-0.25, -0.2) is 18.9 Å². The van der Waals surface area contributed by atoms with E-state index in [2.05, 4.69) is 5.10 Å². The number of methoxy groups -OCH3 is 1. The zero-order valence-electron chi connectivity index (χ0n) is 19.2. The number of nitrogens with zero attached hydrogens (tertiary/aromatic N) is 4. The van der Waals surface area contributed by atoms with Crippen LogP contribution in [-0.4, -0.2) is 27.8 Å². The molecule has 0 bridgehead atoms. The number of aromatic nitrogens is 3. The predicted octanol–water partition coefficient (Wildman–Crippen LogP) is 5.39. The van der Waals surface area contributed by atoms with Gasteiger partial charge in [0, 0.05) is 11.6 Å². The molecule has 5 aromatic rings. The van der Waals surface area contributed by atoms with Crippen molar-refractivity contribution in [1.82, 2.24) is 14.8 Å². The largest absolute Gasteiger partial charge is 0.493 e. The molecule has 5 rings (SSSR count). The quantitative estimate of drug-likeness (QED) is 0.240. The number of carbonyl (C=O) groups excluding carboxylic acids is 1. The predicted molar refractivity (Wildman–Crippen MR) is 131 cm³/mol. The number of ether oxygens (including phenoxy) is 2. The van der Waals surface area contributed by atoms with E-state index in [-0.39, 0.29) is 29.4 Å². The molecule has 3 aromatic carbocycles. The van der Waals surface area contributed by atoms with E-state index in [0.717, 1.165) is 5.56 Å². The second-order valence-corrected chi connectivity index (χ2v) is 7.96. The van der Waals surface area contributed by atoms with Gasteiger partial charge in [0.05, 0.1) is 48.1 Å². The summed E-state index contributed by atoms with van der Waals surface area (Å²) in [4.78, 5) is 18.2. The molecule has 36 heavy (non-hydrogen) atoms. The van der Waals surface area contributed by atoms with Crippen molar-refractivity contribution in [3.63, 3.8) is 0 Å². The normalized spacial score (nSPS) is 10.7. The molecule has 8 heteroatoms. The number of carbonyl (C=O) groups is 1. The lowest BCUT2D eigenvalue weighted by Crippen LogP contribution is -2.11. The molecule has 0 radical (unpaired) electrons. The van der Waals surface area contributed by atoms with Gasteiger partial charge in [0.2, 0.25) is 0 Å². The molecular weight excluding hydrogens is 459 g/mol.